The van der Waals surface area contributed by atoms with Gasteiger partial charge in [-0.25, -0.2) is 8.42 Å². The third-order valence-corrected chi connectivity index (χ3v) is 7.40. The zero-order chi connectivity index (χ0) is 21.1. The lowest BCUT2D eigenvalue weighted by atomic mass is 10.1. The molecule has 2 aromatic carbocycles. The number of benzene rings is 2. The first-order chi connectivity index (χ1) is 14.4. The smallest absolute Gasteiger partial charge is 0.262 e. The van der Waals surface area contributed by atoms with Gasteiger partial charge in [0.15, 0.2) is 0 Å². The zero-order valence-corrected chi connectivity index (χ0v) is 18.4. The molecule has 0 saturated carbocycles. The van der Waals surface area contributed by atoms with Crippen molar-refractivity contribution in [2.75, 3.05) is 30.9 Å². The number of sulfonamides is 1. The molecular weight excluding hydrogens is 398 g/mol. The van der Waals surface area contributed by atoms with Crippen LogP contribution in [0.3, 0.4) is 0 Å². The lowest BCUT2D eigenvalue weighted by Gasteiger charge is -2.21. The van der Waals surface area contributed by atoms with E-state index in [-0.39, 0.29) is 16.3 Å². The Morgan fingerprint density at radius 1 is 0.900 bits per heavy atom. The van der Waals surface area contributed by atoms with Crippen LogP contribution in [0.4, 0.5) is 5.69 Å². The average molecular weight is 430 g/mol. The van der Waals surface area contributed by atoms with E-state index >= 15 is 0 Å². The van der Waals surface area contributed by atoms with E-state index in [9.17, 15) is 13.5 Å². The summed E-state index contributed by atoms with van der Waals surface area (Å²) in [7, 11) is -3.78. The lowest BCUT2D eigenvalue weighted by molar-refractivity contribution is 0.320. The first-order valence-electron chi connectivity index (χ1n) is 10.8. The van der Waals surface area contributed by atoms with Crippen LogP contribution in [0.15, 0.2) is 41.3 Å². The second kappa shape index (κ2) is 8.96. The highest BCUT2D eigenvalue weighted by molar-refractivity contribution is 7.92. The molecule has 0 aromatic heterocycles. The van der Waals surface area contributed by atoms with Crippen molar-refractivity contribution < 1.29 is 13.5 Å². The van der Waals surface area contributed by atoms with Gasteiger partial charge in [-0.05, 0) is 88.6 Å². The van der Waals surface area contributed by atoms with E-state index < -0.39 is 10.0 Å². The van der Waals surface area contributed by atoms with Crippen LogP contribution in [0.2, 0.25) is 0 Å². The molecule has 7 heteroatoms. The van der Waals surface area contributed by atoms with Gasteiger partial charge in [0.1, 0.15) is 5.75 Å². The van der Waals surface area contributed by atoms with Crippen molar-refractivity contribution in [3.05, 3.63) is 53.1 Å². The van der Waals surface area contributed by atoms with E-state index in [4.69, 9.17) is 0 Å². The number of aryl methyl sites for hydroxylation is 1. The molecule has 4 rings (SSSR count). The molecule has 0 aliphatic carbocycles. The number of phenolic OH excluding ortho intramolecular Hbond substituents is 1. The molecule has 6 nitrogen and oxygen atoms in total. The van der Waals surface area contributed by atoms with Crippen molar-refractivity contribution in [1.82, 2.24) is 9.80 Å². The van der Waals surface area contributed by atoms with Crippen LogP contribution in [0, 0.1) is 6.92 Å². The van der Waals surface area contributed by atoms with Crippen molar-refractivity contribution in [3.63, 3.8) is 0 Å². The van der Waals surface area contributed by atoms with Crippen molar-refractivity contribution in [3.8, 4) is 5.75 Å². The van der Waals surface area contributed by atoms with Crippen molar-refractivity contribution in [2.24, 2.45) is 0 Å². The topological polar surface area (TPSA) is 72.9 Å². The quantitative estimate of drug-likeness (QED) is 0.657. The number of nitrogens with zero attached hydrogens (tertiary/aromatic N) is 2. The summed E-state index contributed by atoms with van der Waals surface area (Å²) >= 11 is 0. The fourth-order valence-electron chi connectivity index (χ4n) is 4.35. The number of rotatable bonds is 7. The maximum Gasteiger partial charge on any atom is 0.262 e. The van der Waals surface area contributed by atoms with E-state index in [0.29, 0.717) is 6.54 Å². The third kappa shape index (κ3) is 4.96. The second-order valence-electron chi connectivity index (χ2n) is 8.54. The fraction of sp³-hybridized carbons (Fsp3) is 0.478. The molecule has 0 atom stereocenters. The molecular formula is C23H31N3O3S. The number of phenols is 1. The summed E-state index contributed by atoms with van der Waals surface area (Å²) in [5.74, 6) is 0.0303. The summed E-state index contributed by atoms with van der Waals surface area (Å²) in [6.07, 6.45) is 4.74. The van der Waals surface area contributed by atoms with Crippen LogP contribution >= 0.6 is 0 Å². The van der Waals surface area contributed by atoms with E-state index in [0.717, 1.165) is 49.4 Å². The third-order valence-electron chi connectivity index (χ3n) is 6.02. The highest BCUT2D eigenvalue weighted by Crippen LogP contribution is 2.33. The normalized spacial score (nSPS) is 18.2. The van der Waals surface area contributed by atoms with Gasteiger partial charge in [0.25, 0.3) is 10.0 Å². The molecule has 30 heavy (non-hydrogen) atoms. The van der Waals surface area contributed by atoms with Gasteiger partial charge in [-0.3, -0.25) is 14.5 Å². The largest absolute Gasteiger partial charge is 0.505 e. The van der Waals surface area contributed by atoms with Gasteiger partial charge < -0.3 is 5.11 Å². The molecule has 2 N–H and O–H groups in total. The molecule has 2 fully saturated rings. The van der Waals surface area contributed by atoms with Gasteiger partial charge in [-0.15, -0.1) is 0 Å². The summed E-state index contributed by atoms with van der Waals surface area (Å²) in [5, 5.41) is 10.9. The van der Waals surface area contributed by atoms with Crippen LogP contribution < -0.4 is 4.72 Å². The van der Waals surface area contributed by atoms with Crippen LogP contribution in [-0.2, 0) is 23.1 Å². The molecule has 162 valence electrons. The highest BCUT2D eigenvalue weighted by Gasteiger charge is 2.22. The van der Waals surface area contributed by atoms with Gasteiger partial charge in [-0.2, -0.15) is 0 Å². The van der Waals surface area contributed by atoms with Crippen LogP contribution in [0.5, 0.6) is 5.75 Å². The van der Waals surface area contributed by atoms with Gasteiger partial charge in [0, 0.05) is 18.7 Å². The highest BCUT2D eigenvalue weighted by atomic mass is 32.2. The second-order valence-corrected chi connectivity index (χ2v) is 10.2. The summed E-state index contributed by atoms with van der Waals surface area (Å²) in [6.45, 7) is 7.48. The Morgan fingerprint density at radius 2 is 1.47 bits per heavy atom. The molecule has 0 spiro atoms. The minimum atomic E-state index is -3.78. The molecule has 0 radical (unpaired) electrons. The standard InChI is InChI=1S/C23H31N3O3S/c1-18-6-8-21(9-7-18)30(28,29)24-22-15-19(16-25-10-2-3-11-25)14-20(23(22)27)17-26-12-4-5-13-26/h6-9,14-15,24,27H,2-5,10-13,16-17H2,1H3. The number of nitrogens with one attached hydrogen (secondary N) is 1. The van der Waals surface area contributed by atoms with Crippen molar-refractivity contribution in [1.29, 1.82) is 0 Å². The number of hydrogen-bond donors (Lipinski definition) is 2. The average Bonchev–Trinajstić information content (AvgIpc) is 3.40. The number of likely N-dealkylation sites (tertiary alicyclic amines) is 2. The summed E-state index contributed by atoms with van der Waals surface area (Å²) < 4.78 is 28.5. The van der Waals surface area contributed by atoms with Gasteiger partial charge in [0.05, 0.1) is 10.6 Å². The van der Waals surface area contributed by atoms with Crippen molar-refractivity contribution in [2.45, 2.75) is 50.6 Å². The minimum Gasteiger partial charge on any atom is -0.505 e. The SMILES string of the molecule is Cc1ccc(S(=O)(=O)Nc2cc(CN3CCCC3)cc(CN3CCCC3)c2O)cc1. The summed E-state index contributed by atoms with van der Waals surface area (Å²) in [5.41, 5.74) is 3.08. The molecule has 0 bridgehead atoms. The maximum absolute atomic E-state index is 12.9. The predicted octanol–water partition coefficient (Wildman–Crippen LogP) is 3.69. The van der Waals surface area contributed by atoms with Crippen LogP contribution in [0.25, 0.3) is 0 Å². The molecule has 2 heterocycles. The van der Waals surface area contributed by atoms with E-state index in [2.05, 4.69) is 14.5 Å². The monoisotopic (exact) mass is 429 g/mol. The summed E-state index contributed by atoms with van der Waals surface area (Å²) in [6, 6.07) is 10.6. The summed E-state index contributed by atoms with van der Waals surface area (Å²) in [4.78, 5) is 4.88. The molecule has 0 amide bonds. The maximum atomic E-state index is 12.9. The first-order valence-corrected chi connectivity index (χ1v) is 12.3. The van der Waals surface area contributed by atoms with Gasteiger partial charge >= 0.3 is 0 Å². The Kier molecular flexibility index (Phi) is 6.32. The number of aromatic hydroxyl groups is 1. The van der Waals surface area contributed by atoms with Crippen LogP contribution in [-0.4, -0.2) is 49.5 Å². The molecule has 2 saturated heterocycles. The fourth-order valence-corrected chi connectivity index (χ4v) is 5.41. The van der Waals surface area contributed by atoms with Crippen molar-refractivity contribution >= 4 is 15.7 Å². The Bertz CT molecular complexity index is 977. The predicted molar refractivity (Wildman–Crippen MR) is 119 cm³/mol. The number of anilines is 1. The lowest BCUT2D eigenvalue weighted by Crippen LogP contribution is -2.21. The Balaban J connectivity index is 1.64. The minimum absolute atomic E-state index is 0.0303. The molecule has 2 aliphatic rings. The van der Waals surface area contributed by atoms with E-state index in [1.165, 1.54) is 25.7 Å². The molecule has 2 aliphatic heterocycles. The van der Waals surface area contributed by atoms with E-state index in [1.807, 2.05) is 13.0 Å². The Morgan fingerprint density at radius 3 is 2.07 bits per heavy atom. The number of hydrogen-bond acceptors (Lipinski definition) is 5. The first kappa shape index (κ1) is 21.2. The van der Waals surface area contributed by atoms with Crippen LogP contribution in [0.1, 0.15) is 42.4 Å². The van der Waals surface area contributed by atoms with E-state index in [1.54, 1.807) is 30.3 Å². The Labute approximate surface area is 179 Å². The zero-order valence-electron chi connectivity index (χ0n) is 17.6. The van der Waals surface area contributed by atoms with Gasteiger partial charge in [-0.1, -0.05) is 17.7 Å². The van der Waals surface area contributed by atoms with Gasteiger partial charge in [0.2, 0.25) is 0 Å². The Hall–Kier alpha value is -2.09. The molecule has 0 unspecified atom stereocenters. The molecule has 2 aromatic rings.